The molecule has 0 aliphatic carbocycles. The molecule has 1 aromatic heterocycles. The van der Waals surface area contributed by atoms with Gasteiger partial charge in [-0.2, -0.15) is 0 Å². The van der Waals surface area contributed by atoms with Gasteiger partial charge in [-0.1, -0.05) is 5.92 Å². The number of methoxy groups -OCH3 is 1. The molecule has 11 heteroatoms. The van der Waals surface area contributed by atoms with E-state index < -0.39 is 53.7 Å². The van der Waals surface area contributed by atoms with E-state index in [0.717, 1.165) is 9.13 Å². The largest absolute Gasteiger partial charge is 0.509 e. The maximum absolute atomic E-state index is 12.9. The third-order valence-corrected chi connectivity index (χ3v) is 4.09. The molecule has 0 aliphatic rings. The average Bonchev–Trinajstić information content (AvgIpc) is 2.67. The number of hydrogen-bond acceptors (Lipinski definition) is 9. The molecular formula is C23H34N2O9. The van der Waals surface area contributed by atoms with E-state index in [1.54, 1.807) is 41.5 Å². The van der Waals surface area contributed by atoms with Crippen molar-refractivity contribution < 1.29 is 33.3 Å². The van der Waals surface area contributed by atoms with Crippen LogP contribution >= 0.6 is 0 Å². The van der Waals surface area contributed by atoms with Crippen LogP contribution in [0.5, 0.6) is 0 Å². The molecular weight excluding hydrogens is 448 g/mol. The minimum atomic E-state index is -1.08. The molecule has 0 fully saturated rings. The Labute approximate surface area is 198 Å². The SMILES string of the molecule is C#CCn1c(=O)c(C)cn(C(C[C@@H](COC(=O)OC(C)(C)C)OC(=O)OC(C)(C)C)OC)c1=O. The third-order valence-electron chi connectivity index (χ3n) is 4.09. The van der Waals surface area contributed by atoms with Gasteiger partial charge in [-0.05, 0) is 48.5 Å². The third kappa shape index (κ3) is 9.31. The highest BCUT2D eigenvalue weighted by molar-refractivity contribution is 5.61. The maximum atomic E-state index is 12.9. The van der Waals surface area contributed by atoms with Crippen LogP contribution in [0.4, 0.5) is 9.59 Å². The van der Waals surface area contributed by atoms with E-state index in [1.165, 1.54) is 20.2 Å². The molecule has 2 atom stereocenters. The molecule has 34 heavy (non-hydrogen) atoms. The molecule has 1 heterocycles. The van der Waals surface area contributed by atoms with Crippen LogP contribution in [0.25, 0.3) is 0 Å². The summed E-state index contributed by atoms with van der Waals surface area (Å²) in [6, 6.07) is 0. The van der Waals surface area contributed by atoms with Crippen molar-refractivity contribution in [1.82, 2.24) is 9.13 Å². The maximum Gasteiger partial charge on any atom is 0.509 e. The van der Waals surface area contributed by atoms with E-state index in [4.69, 9.17) is 30.1 Å². The van der Waals surface area contributed by atoms with Crippen molar-refractivity contribution in [2.75, 3.05) is 13.7 Å². The number of carbonyl (C=O) groups is 2. The Balaban J connectivity index is 3.21. The molecule has 11 nitrogen and oxygen atoms in total. The van der Waals surface area contributed by atoms with Gasteiger partial charge in [0.2, 0.25) is 0 Å². The van der Waals surface area contributed by atoms with Gasteiger partial charge in [-0.3, -0.25) is 9.36 Å². The topological polar surface area (TPSA) is 124 Å². The lowest BCUT2D eigenvalue weighted by Gasteiger charge is -2.26. The predicted molar refractivity (Wildman–Crippen MR) is 122 cm³/mol. The Bertz CT molecular complexity index is 1020. The summed E-state index contributed by atoms with van der Waals surface area (Å²) in [5, 5.41) is 0. The Morgan fingerprint density at radius 2 is 1.62 bits per heavy atom. The van der Waals surface area contributed by atoms with Crippen molar-refractivity contribution in [3.8, 4) is 12.3 Å². The molecule has 0 saturated heterocycles. The van der Waals surface area contributed by atoms with E-state index in [2.05, 4.69) is 5.92 Å². The van der Waals surface area contributed by atoms with Gasteiger partial charge in [0.15, 0.2) is 0 Å². The Morgan fingerprint density at radius 1 is 1.06 bits per heavy atom. The first-order valence-corrected chi connectivity index (χ1v) is 10.6. The van der Waals surface area contributed by atoms with Crippen LogP contribution in [0.3, 0.4) is 0 Å². The summed E-state index contributed by atoms with van der Waals surface area (Å²) in [6.07, 6.45) is 2.46. The van der Waals surface area contributed by atoms with Crippen molar-refractivity contribution >= 4 is 12.3 Å². The molecule has 0 amide bonds. The molecule has 0 spiro atoms. The summed E-state index contributed by atoms with van der Waals surface area (Å²) >= 11 is 0. The summed E-state index contributed by atoms with van der Waals surface area (Å²) in [6.45, 7) is 10.9. The number of rotatable bonds is 8. The van der Waals surface area contributed by atoms with Gasteiger partial charge < -0.3 is 23.7 Å². The smallest absolute Gasteiger partial charge is 0.430 e. The molecule has 0 bridgehead atoms. The number of carbonyl (C=O) groups excluding carboxylic acids is 2. The summed E-state index contributed by atoms with van der Waals surface area (Å²) in [5.74, 6) is 2.27. The molecule has 0 aromatic carbocycles. The van der Waals surface area contributed by atoms with Gasteiger partial charge in [-0.25, -0.2) is 19.0 Å². The first-order chi connectivity index (χ1) is 15.6. The lowest BCUT2D eigenvalue weighted by atomic mass is 10.2. The quantitative estimate of drug-likeness (QED) is 0.406. The standard InChI is InChI=1S/C23H34N2O9/c1-10-11-24-18(26)15(2)13-25(19(24)27)17(30-9)12-16(32-21(29)34-23(6,7)8)14-31-20(28)33-22(3,4)5/h1,13,16-17H,11-12,14H2,2-9H3/t16-,17?/m0/s1. The monoisotopic (exact) mass is 482 g/mol. The van der Waals surface area contributed by atoms with E-state index >= 15 is 0 Å². The first-order valence-electron chi connectivity index (χ1n) is 10.6. The molecule has 1 unspecified atom stereocenters. The average molecular weight is 483 g/mol. The molecule has 1 rings (SSSR count). The fourth-order valence-electron chi connectivity index (χ4n) is 2.74. The Kier molecular flexibility index (Phi) is 9.94. The van der Waals surface area contributed by atoms with Crippen molar-refractivity contribution in [3.63, 3.8) is 0 Å². The van der Waals surface area contributed by atoms with Crippen LogP contribution in [-0.2, 0) is 30.2 Å². The van der Waals surface area contributed by atoms with E-state index in [9.17, 15) is 19.2 Å². The second-order valence-electron chi connectivity index (χ2n) is 9.50. The zero-order valence-corrected chi connectivity index (χ0v) is 21.0. The van der Waals surface area contributed by atoms with Crippen LogP contribution in [0.1, 0.15) is 59.8 Å². The molecule has 0 aliphatic heterocycles. The lowest BCUT2D eigenvalue weighted by Crippen LogP contribution is -2.43. The Hall–Kier alpha value is -3.26. The highest BCUT2D eigenvalue weighted by Crippen LogP contribution is 2.18. The van der Waals surface area contributed by atoms with Crippen molar-refractivity contribution in [2.24, 2.45) is 0 Å². The minimum Gasteiger partial charge on any atom is -0.430 e. The molecule has 1 aromatic rings. The second-order valence-corrected chi connectivity index (χ2v) is 9.50. The highest BCUT2D eigenvalue weighted by atomic mass is 16.8. The normalized spacial score (nSPS) is 13.4. The van der Waals surface area contributed by atoms with Gasteiger partial charge >= 0.3 is 18.0 Å². The van der Waals surface area contributed by atoms with Crippen LogP contribution in [0.2, 0.25) is 0 Å². The zero-order chi connectivity index (χ0) is 26.3. The van der Waals surface area contributed by atoms with Gasteiger partial charge in [0.1, 0.15) is 30.1 Å². The van der Waals surface area contributed by atoms with Gasteiger partial charge in [-0.15, -0.1) is 6.42 Å². The van der Waals surface area contributed by atoms with E-state index in [1.807, 2.05) is 0 Å². The minimum absolute atomic E-state index is 0.119. The van der Waals surface area contributed by atoms with Crippen LogP contribution < -0.4 is 11.2 Å². The number of nitrogens with zero attached hydrogens (tertiary/aromatic N) is 2. The molecule has 0 radical (unpaired) electrons. The fourth-order valence-corrected chi connectivity index (χ4v) is 2.74. The molecule has 190 valence electrons. The van der Waals surface area contributed by atoms with Gasteiger partial charge in [0, 0.05) is 25.3 Å². The van der Waals surface area contributed by atoms with Crippen LogP contribution in [0, 0.1) is 19.3 Å². The van der Waals surface area contributed by atoms with Crippen LogP contribution in [0.15, 0.2) is 15.8 Å². The van der Waals surface area contributed by atoms with Crippen molar-refractivity contribution in [1.29, 1.82) is 0 Å². The Morgan fingerprint density at radius 3 is 2.12 bits per heavy atom. The molecule has 0 N–H and O–H groups in total. The first kappa shape index (κ1) is 28.8. The number of hydrogen-bond donors (Lipinski definition) is 0. The molecule has 0 saturated carbocycles. The number of aryl methyl sites for hydroxylation is 1. The van der Waals surface area contributed by atoms with Gasteiger partial charge in [0.25, 0.3) is 5.56 Å². The van der Waals surface area contributed by atoms with Crippen LogP contribution in [-0.4, -0.2) is 52.5 Å². The van der Waals surface area contributed by atoms with Crippen molar-refractivity contribution in [2.45, 2.75) is 85.0 Å². The van der Waals surface area contributed by atoms with Crippen molar-refractivity contribution in [3.05, 3.63) is 32.6 Å². The highest BCUT2D eigenvalue weighted by Gasteiger charge is 2.28. The summed E-state index contributed by atoms with van der Waals surface area (Å²) in [5.41, 5.74) is -2.59. The number of ether oxygens (including phenoxy) is 5. The zero-order valence-electron chi connectivity index (χ0n) is 21.0. The second kappa shape index (κ2) is 11.7. The fraction of sp³-hybridized carbons (Fsp3) is 0.652. The van der Waals surface area contributed by atoms with Gasteiger partial charge in [0.05, 0.1) is 6.54 Å². The summed E-state index contributed by atoms with van der Waals surface area (Å²) in [7, 11) is 1.34. The summed E-state index contributed by atoms with van der Waals surface area (Å²) in [4.78, 5) is 49.4. The lowest BCUT2D eigenvalue weighted by molar-refractivity contribution is -0.0765. The summed E-state index contributed by atoms with van der Waals surface area (Å²) < 4.78 is 28.2. The number of terminal acetylenes is 1. The van der Waals surface area contributed by atoms with E-state index in [-0.39, 0.29) is 18.5 Å². The predicted octanol–water partition coefficient (Wildman–Crippen LogP) is 2.76. The number of aromatic nitrogens is 2. The van der Waals surface area contributed by atoms with E-state index in [0.29, 0.717) is 0 Å².